The number of nitrogens with zero attached hydrogens (tertiary/aromatic N) is 1. The lowest BCUT2D eigenvalue weighted by Crippen LogP contribution is -2.38. The molecule has 1 aromatic rings. The highest BCUT2D eigenvalue weighted by molar-refractivity contribution is 9.10. The Bertz CT molecular complexity index is 520. The van der Waals surface area contributed by atoms with Gasteiger partial charge >= 0.3 is 12.0 Å². The molecule has 1 atom stereocenters. The van der Waals surface area contributed by atoms with E-state index < -0.39 is 12.0 Å². The third-order valence-electron chi connectivity index (χ3n) is 2.85. The van der Waals surface area contributed by atoms with Gasteiger partial charge < -0.3 is 20.6 Å². The highest BCUT2D eigenvalue weighted by Gasteiger charge is 2.14. The second-order valence-corrected chi connectivity index (χ2v) is 6.00. The number of halogens is 1. The average Bonchev–Trinajstić information content (AvgIpc) is 2.38. The maximum atomic E-state index is 11.9. The minimum Gasteiger partial charge on any atom is -0.478 e. The molecular weight excluding hydrogens is 338 g/mol. The lowest BCUT2D eigenvalue weighted by molar-refractivity contribution is 0.0698. The van der Waals surface area contributed by atoms with Gasteiger partial charge in [-0.15, -0.1) is 0 Å². The van der Waals surface area contributed by atoms with Crippen LogP contribution < -0.4 is 10.6 Å². The maximum absolute atomic E-state index is 11.9. The van der Waals surface area contributed by atoms with Crippen molar-refractivity contribution in [1.29, 1.82) is 0 Å². The topological polar surface area (TPSA) is 81.7 Å². The molecule has 0 aliphatic heterocycles. The number of carboxylic acid groups (broad SMARTS) is 1. The minimum atomic E-state index is -1.09. The van der Waals surface area contributed by atoms with Gasteiger partial charge in [0.2, 0.25) is 0 Å². The molecule has 7 heteroatoms. The van der Waals surface area contributed by atoms with Crippen LogP contribution in [0.15, 0.2) is 22.7 Å². The van der Waals surface area contributed by atoms with Gasteiger partial charge in [0, 0.05) is 10.5 Å². The van der Waals surface area contributed by atoms with Crippen LogP contribution in [-0.2, 0) is 0 Å². The fourth-order valence-corrected chi connectivity index (χ4v) is 2.07. The number of anilines is 1. The van der Waals surface area contributed by atoms with Gasteiger partial charge in [-0.2, -0.15) is 0 Å². The molecule has 0 saturated carbocycles. The number of rotatable bonds is 6. The Morgan fingerprint density at radius 2 is 2.05 bits per heavy atom. The summed E-state index contributed by atoms with van der Waals surface area (Å²) in [4.78, 5) is 25.1. The second-order valence-electron chi connectivity index (χ2n) is 5.09. The van der Waals surface area contributed by atoms with Crippen molar-refractivity contribution < 1.29 is 14.7 Å². The van der Waals surface area contributed by atoms with Crippen LogP contribution in [0.3, 0.4) is 0 Å². The van der Waals surface area contributed by atoms with Crippen LogP contribution in [0, 0.1) is 0 Å². The van der Waals surface area contributed by atoms with E-state index in [9.17, 15) is 9.59 Å². The maximum Gasteiger partial charge on any atom is 0.337 e. The minimum absolute atomic E-state index is 0.00359. The number of hydrogen-bond acceptors (Lipinski definition) is 3. The lowest BCUT2D eigenvalue weighted by Gasteiger charge is -2.17. The monoisotopic (exact) mass is 357 g/mol. The van der Waals surface area contributed by atoms with Gasteiger partial charge in [0.25, 0.3) is 0 Å². The van der Waals surface area contributed by atoms with Crippen molar-refractivity contribution in [1.82, 2.24) is 10.2 Å². The Hall–Kier alpha value is -1.60. The van der Waals surface area contributed by atoms with E-state index in [1.807, 2.05) is 25.9 Å². The Morgan fingerprint density at radius 3 is 2.62 bits per heavy atom. The van der Waals surface area contributed by atoms with E-state index in [1.54, 1.807) is 12.1 Å². The van der Waals surface area contributed by atoms with Crippen molar-refractivity contribution in [3.8, 4) is 0 Å². The van der Waals surface area contributed by atoms with Gasteiger partial charge in [-0.1, -0.05) is 15.9 Å². The van der Waals surface area contributed by atoms with Gasteiger partial charge in [-0.25, -0.2) is 9.59 Å². The fraction of sp³-hybridized carbons (Fsp3) is 0.429. The highest BCUT2D eigenvalue weighted by Crippen LogP contribution is 2.21. The van der Waals surface area contributed by atoms with Gasteiger partial charge in [0.15, 0.2) is 0 Å². The first-order valence-electron chi connectivity index (χ1n) is 6.54. The zero-order valence-corrected chi connectivity index (χ0v) is 13.9. The van der Waals surface area contributed by atoms with Crippen LogP contribution in [0.4, 0.5) is 10.5 Å². The number of urea groups is 1. The van der Waals surface area contributed by atoms with Crippen LogP contribution in [-0.4, -0.2) is 48.7 Å². The first-order valence-corrected chi connectivity index (χ1v) is 7.34. The van der Waals surface area contributed by atoms with Crippen molar-refractivity contribution in [3.05, 3.63) is 28.2 Å². The molecule has 0 aliphatic rings. The number of hydrogen-bond donors (Lipinski definition) is 3. The summed E-state index contributed by atoms with van der Waals surface area (Å²) in [6, 6.07) is 4.27. The van der Waals surface area contributed by atoms with E-state index in [0.717, 1.165) is 13.0 Å². The second kappa shape index (κ2) is 7.99. The number of carbonyl (C=O) groups excluding carboxylic acids is 1. The number of benzene rings is 1. The summed E-state index contributed by atoms with van der Waals surface area (Å²) in [5.74, 6) is -1.09. The third kappa shape index (κ3) is 6.14. The predicted molar refractivity (Wildman–Crippen MR) is 85.9 cm³/mol. The summed E-state index contributed by atoms with van der Waals surface area (Å²) in [6.07, 6.45) is 0.812. The van der Waals surface area contributed by atoms with Crippen molar-refractivity contribution >= 4 is 33.6 Å². The van der Waals surface area contributed by atoms with E-state index in [0.29, 0.717) is 4.47 Å². The Balaban J connectivity index is 2.65. The molecule has 1 aromatic carbocycles. The van der Waals surface area contributed by atoms with E-state index in [-0.39, 0.29) is 17.3 Å². The molecule has 0 spiro atoms. The standard InChI is InChI=1S/C14H20BrN3O3/c1-9(6-7-18(2)3)16-14(21)17-12-5-4-10(15)8-11(12)13(19)20/h4-5,8-9H,6-7H2,1-3H3,(H,19,20)(H2,16,17,21). The quantitative estimate of drug-likeness (QED) is 0.730. The lowest BCUT2D eigenvalue weighted by atomic mass is 10.2. The number of nitrogens with one attached hydrogen (secondary N) is 2. The molecule has 0 bridgehead atoms. The number of aromatic carboxylic acids is 1. The van der Waals surface area contributed by atoms with Gasteiger partial charge in [0.1, 0.15) is 0 Å². The summed E-state index contributed by atoms with van der Waals surface area (Å²) < 4.78 is 0.644. The van der Waals surface area contributed by atoms with Crippen LogP contribution in [0.2, 0.25) is 0 Å². The molecule has 0 fully saturated rings. The molecule has 2 amide bonds. The summed E-state index contributed by atoms with van der Waals surface area (Å²) in [7, 11) is 3.93. The Labute approximate surface area is 132 Å². The van der Waals surface area contributed by atoms with Crippen molar-refractivity contribution in [2.45, 2.75) is 19.4 Å². The molecule has 3 N–H and O–H groups in total. The zero-order chi connectivity index (χ0) is 16.0. The van der Waals surface area contributed by atoms with E-state index in [2.05, 4.69) is 26.6 Å². The molecule has 0 radical (unpaired) electrons. The SMILES string of the molecule is CC(CCN(C)C)NC(=O)Nc1ccc(Br)cc1C(=O)O. The molecule has 1 rings (SSSR count). The molecule has 116 valence electrons. The number of amides is 2. The molecule has 6 nitrogen and oxygen atoms in total. The summed E-state index contributed by atoms with van der Waals surface area (Å²) in [5, 5.41) is 14.5. The Morgan fingerprint density at radius 1 is 1.38 bits per heavy atom. The molecule has 21 heavy (non-hydrogen) atoms. The van der Waals surface area contributed by atoms with E-state index in [1.165, 1.54) is 6.07 Å². The largest absolute Gasteiger partial charge is 0.478 e. The Kier molecular flexibility index (Phi) is 6.64. The van der Waals surface area contributed by atoms with E-state index in [4.69, 9.17) is 5.11 Å². The first kappa shape index (κ1) is 17.5. The van der Waals surface area contributed by atoms with Crippen molar-refractivity contribution in [3.63, 3.8) is 0 Å². The first-order chi connectivity index (χ1) is 9.79. The van der Waals surface area contributed by atoms with Gasteiger partial charge in [-0.05, 0) is 52.2 Å². The third-order valence-corrected chi connectivity index (χ3v) is 3.34. The van der Waals surface area contributed by atoms with E-state index >= 15 is 0 Å². The predicted octanol–water partition coefficient (Wildman–Crippen LogP) is 2.61. The number of carboxylic acids is 1. The van der Waals surface area contributed by atoms with Gasteiger partial charge in [0.05, 0.1) is 11.3 Å². The molecule has 0 aromatic heterocycles. The van der Waals surface area contributed by atoms with Gasteiger partial charge in [-0.3, -0.25) is 0 Å². The normalized spacial score (nSPS) is 12.0. The number of carbonyl (C=O) groups is 2. The summed E-state index contributed by atoms with van der Waals surface area (Å²) in [6.45, 7) is 2.77. The van der Waals surface area contributed by atoms with Crippen LogP contribution in [0.1, 0.15) is 23.7 Å². The smallest absolute Gasteiger partial charge is 0.337 e. The highest BCUT2D eigenvalue weighted by atomic mass is 79.9. The average molecular weight is 358 g/mol. The summed E-state index contributed by atoms with van der Waals surface area (Å²) >= 11 is 3.21. The molecule has 0 aliphatic carbocycles. The van der Waals surface area contributed by atoms with Crippen molar-refractivity contribution in [2.75, 3.05) is 26.0 Å². The molecule has 0 saturated heterocycles. The fourth-order valence-electron chi connectivity index (χ4n) is 1.71. The molecular formula is C14H20BrN3O3. The molecule has 1 unspecified atom stereocenters. The molecule has 0 heterocycles. The summed E-state index contributed by atoms with van der Waals surface area (Å²) in [5.41, 5.74) is 0.309. The zero-order valence-electron chi connectivity index (χ0n) is 12.3. The van der Waals surface area contributed by atoms with Crippen LogP contribution in [0.25, 0.3) is 0 Å². The van der Waals surface area contributed by atoms with Crippen molar-refractivity contribution in [2.24, 2.45) is 0 Å². The van der Waals surface area contributed by atoms with Crippen LogP contribution in [0.5, 0.6) is 0 Å². The van der Waals surface area contributed by atoms with Crippen LogP contribution >= 0.6 is 15.9 Å².